The van der Waals surface area contributed by atoms with Gasteiger partial charge in [-0.2, -0.15) is 0 Å². The van der Waals surface area contributed by atoms with Crippen molar-refractivity contribution in [1.29, 1.82) is 0 Å². The van der Waals surface area contributed by atoms with Crippen molar-refractivity contribution >= 4 is 0 Å². The quantitative estimate of drug-likeness (QED) is 0.704. The number of nitrogens with zero attached hydrogens (tertiary/aromatic N) is 1. The van der Waals surface area contributed by atoms with Crippen molar-refractivity contribution in [2.75, 3.05) is 39.3 Å². The molecular weight excluding hydrogens is 248 g/mol. The molecule has 0 aliphatic carbocycles. The van der Waals surface area contributed by atoms with Crippen molar-refractivity contribution < 1.29 is 4.74 Å². The van der Waals surface area contributed by atoms with Crippen molar-refractivity contribution in [2.45, 2.75) is 60.0 Å². The first kappa shape index (κ1) is 17.9. The van der Waals surface area contributed by atoms with Gasteiger partial charge in [0, 0.05) is 26.2 Å². The van der Waals surface area contributed by atoms with Crippen LogP contribution >= 0.6 is 0 Å². The minimum atomic E-state index is 0.335. The van der Waals surface area contributed by atoms with E-state index in [1.54, 1.807) is 0 Å². The normalized spacial score (nSPS) is 21.6. The van der Waals surface area contributed by atoms with Crippen LogP contribution < -0.4 is 5.32 Å². The van der Waals surface area contributed by atoms with Crippen LogP contribution in [-0.2, 0) is 4.74 Å². The predicted octanol–water partition coefficient (Wildman–Crippen LogP) is 3.15. The first-order valence-corrected chi connectivity index (χ1v) is 8.47. The molecular formula is C17H36N2O. The SMILES string of the molecule is CCCOC1CCCN(CC(C)(C)CNCC(C)C)C1. The minimum absolute atomic E-state index is 0.335. The molecule has 1 atom stereocenters. The molecule has 0 aromatic carbocycles. The Morgan fingerprint density at radius 2 is 2.10 bits per heavy atom. The Morgan fingerprint density at radius 3 is 2.75 bits per heavy atom. The summed E-state index contributed by atoms with van der Waals surface area (Å²) in [6.45, 7) is 18.1. The largest absolute Gasteiger partial charge is 0.377 e. The van der Waals surface area contributed by atoms with Crippen molar-refractivity contribution in [3.8, 4) is 0 Å². The summed E-state index contributed by atoms with van der Waals surface area (Å²) in [6.07, 6.45) is 4.11. The second-order valence-corrected chi connectivity index (χ2v) is 7.56. The van der Waals surface area contributed by atoms with Gasteiger partial charge >= 0.3 is 0 Å². The maximum atomic E-state index is 5.93. The Balaban J connectivity index is 2.30. The van der Waals surface area contributed by atoms with Gasteiger partial charge in [-0.15, -0.1) is 0 Å². The first-order chi connectivity index (χ1) is 9.43. The molecule has 1 unspecified atom stereocenters. The zero-order valence-electron chi connectivity index (χ0n) is 14.4. The van der Waals surface area contributed by atoms with E-state index in [4.69, 9.17) is 4.74 Å². The molecule has 0 aromatic rings. The fraction of sp³-hybridized carbons (Fsp3) is 1.00. The monoisotopic (exact) mass is 284 g/mol. The highest BCUT2D eigenvalue weighted by atomic mass is 16.5. The van der Waals surface area contributed by atoms with E-state index in [2.05, 4.69) is 44.8 Å². The maximum Gasteiger partial charge on any atom is 0.0702 e. The number of hydrogen-bond acceptors (Lipinski definition) is 3. The molecule has 0 aromatic heterocycles. The number of hydrogen-bond donors (Lipinski definition) is 1. The molecule has 120 valence electrons. The average molecular weight is 284 g/mol. The van der Waals surface area contributed by atoms with Crippen LogP contribution in [-0.4, -0.2) is 50.3 Å². The fourth-order valence-corrected chi connectivity index (χ4v) is 2.94. The first-order valence-electron chi connectivity index (χ1n) is 8.47. The van der Waals surface area contributed by atoms with Crippen LogP contribution in [0.25, 0.3) is 0 Å². The Bertz CT molecular complexity index is 253. The molecule has 0 radical (unpaired) electrons. The number of rotatable bonds is 9. The van der Waals surface area contributed by atoms with Gasteiger partial charge in [0.1, 0.15) is 0 Å². The molecule has 20 heavy (non-hydrogen) atoms. The van der Waals surface area contributed by atoms with Gasteiger partial charge < -0.3 is 15.0 Å². The van der Waals surface area contributed by atoms with E-state index in [9.17, 15) is 0 Å². The van der Waals surface area contributed by atoms with Crippen LogP contribution in [0.1, 0.15) is 53.9 Å². The van der Waals surface area contributed by atoms with Gasteiger partial charge in [0.15, 0.2) is 0 Å². The van der Waals surface area contributed by atoms with Crippen LogP contribution in [0, 0.1) is 11.3 Å². The summed E-state index contributed by atoms with van der Waals surface area (Å²) in [5.41, 5.74) is 0.335. The molecule has 1 aliphatic heterocycles. The Morgan fingerprint density at radius 1 is 1.35 bits per heavy atom. The van der Waals surface area contributed by atoms with Gasteiger partial charge in [0.25, 0.3) is 0 Å². The molecule has 1 fully saturated rings. The molecule has 0 saturated carbocycles. The number of nitrogens with one attached hydrogen (secondary N) is 1. The summed E-state index contributed by atoms with van der Waals surface area (Å²) >= 11 is 0. The standard InChI is InChI=1S/C17H36N2O/c1-6-10-20-16-8-7-9-19(12-16)14-17(4,5)13-18-11-15(2)3/h15-16,18H,6-14H2,1-5H3. The third-order valence-electron chi connectivity index (χ3n) is 3.83. The van der Waals surface area contributed by atoms with Gasteiger partial charge in [-0.05, 0) is 43.7 Å². The van der Waals surface area contributed by atoms with Gasteiger partial charge in [0.2, 0.25) is 0 Å². The van der Waals surface area contributed by atoms with Crippen molar-refractivity contribution in [3.63, 3.8) is 0 Å². The highest BCUT2D eigenvalue weighted by Gasteiger charge is 2.26. The lowest BCUT2D eigenvalue weighted by molar-refractivity contribution is -0.00889. The molecule has 0 bridgehead atoms. The summed E-state index contributed by atoms with van der Waals surface area (Å²) in [7, 11) is 0. The molecule has 1 aliphatic rings. The second-order valence-electron chi connectivity index (χ2n) is 7.56. The van der Waals surface area contributed by atoms with Crippen LogP contribution in [0.3, 0.4) is 0 Å². The highest BCUT2D eigenvalue weighted by Crippen LogP contribution is 2.20. The topological polar surface area (TPSA) is 24.5 Å². The average Bonchev–Trinajstić information content (AvgIpc) is 2.35. The molecule has 0 amide bonds. The molecule has 1 rings (SSSR count). The van der Waals surface area contributed by atoms with Crippen LogP contribution in [0.4, 0.5) is 0 Å². The second kappa shape index (κ2) is 9.01. The maximum absolute atomic E-state index is 5.93. The van der Waals surface area contributed by atoms with Crippen LogP contribution in [0.5, 0.6) is 0 Å². The molecule has 0 spiro atoms. The van der Waals surface area contributed by atoms with Crippen LogP contribution in [0.15, 0.2) is 0 Å². The Labute approximate surface area is 126 Å². The molecule has 1 N–H and O–H groups in total. The van der Waals surface area contributed by atoms with Crippen molar-refractivity contribution in [2.24, 2.45) is 11.3 Å². The summed E-state index contributed by atoms with van der Waals surface area (Å²) in [4.78, 5) is 2.60. The zero-order valence-corrected chi connectivity index (χ0v) is 14.4. The summed E-state index contributed by atoms with van der Waals surface area (Å²) in [5.74, 6) is 0.729. The van der Waals surface area contributed by atoms with E-state index in [0.717, 1.165) is 38.6 Å². The molecule has 3 nitrogen and oxygen atoms in total. The summed E-state index contributed by atoms with van der Waals surface area (Å²) < 4.78 is 5.93. The van der Waals surface area contributed by atoms with E-state index in [0.29, 0.717) is 11.5 Å². The Hall–Kier alpha value is -0.120. The van der Waals surface area contributed by atoms with E-state index < -0.39 is 0 Å². The van der Waals surface area contributed by atoms with Gasteiger partial charge in [-0.1, -0.05) is 34.6 Å². The van der Waals surface area contributed by atoms with E-state index in [-0.39, 0.29) is 0 Å². The smallest absolute Gasteiger partial charge is 0.0702 e. The lowest BCUT2D eigenvalue weighted by Crippen LogP contribution is -2.47. The third-order valence-corrected chi connectivity index (χ3v) is 3.83. The van der Waals surface area contributed by atoms with Gasteiger partial charge in [0.05, 0.1) is 6.10 Å². The number of likely N-dealkylation sites (tertiary alicyclic amines) is 1. The predicted molar refractivity (Wildman–Crippen MR) is 87.2 cm³/mol. The lowest BCUT2D eigenvalue weighted by Gasteiger charge is -2.38. The van der Waals surface area contributed by atoms with E-state index in [1.165, 1.54) is 25.9 Å². The summed E-state index contributed by atoms with van der Waals surface area (Å²) in [6, 6.07) is 0. The zero-order chi connectivity index (χ0) is 15.0. The molecule has 1 heterocycles. The minimum Gasteiger partial charge on any atom is -0.377 e. The fourth-order valence-electron chi connectivity index (χ4n) is 2.94. The summed E-state index contributed by atoms with van der Waals surface area (Å²) in [5, 5.41) is 3.60. The molecule has 1 saturated heterocycles. The molecule has 3 heteroatoms. The highest BCUT2D eigenvalue weighted by molar-refractivity contribution is 4.81. The van der Waals surface area contributed by atoms with Crippen molar-refractivity contribution in [1.82, 2.24) is 10.2 Å². The lowest BCUT2D eigenvalue weighted by atomic mass is 9.91. The van der Waals surface area contributed by atoms with Gasteiger partial charge in [-0.3, -0.25) is 0 Å². The number of ether oxygens (including phenoxy) is 1. The van der Waals surface area contributed by atoms with Crippen LogP contribution in [0.2, 0.25) is 0 Å². The van der Waals surface area contributed by atoms with Gasteiger partial charge in [-0.25, -0.2) is 0 Å². The Kier molecular flexibility index (Phi) is 8.08. The van der Waals surface area contributed by atoms with E-state index in [1.807, 2.05) is 0 Å². The number of piperidine rings is 1. The van der Waals surface area contributed by atoms with Crippen molar-refractivity contribution in [3.05, 3.63) is 0 Å². The van der Waals surface area contributed by atoms with E-state index >= 15 is 0 Å². The third kappa shape index (κ3) is 7.61.